The molecule has 126 valence electrons. The number of methoxy groups -OCH3 is 1. The lowest BCUT2D eigenvalue weighted by Gasteiger charge is -2.12. The largest absolute Gasteiger partial charge is 0.496 e. The van der Waals surface area contributed by atoms with Gasteiger partial charge in [0, 0.05) is 12.1 Å². The molecular weight excluding hydrogens is 397 g/mol. The summed E-state index contributed by atoms with van der Waals surface area (Å²) in [4.78, 5) is 12.0. The Morgan fingerprint density at radius 1 is 1.21 bits per heavy atom. The molecule has 0 saturated heterocycles. The second-order valence-electron chi connectivity index (χ2n) is 4.74. The fraction of sp³-hybridized carbons (Fsp3) is 0.125. The lowest BCUT2D eigenvalue weighted by Crippen LogP contribution is -2.46. The number of benzene rings is 2. The van der Waals surface area contributed by atoms with Crippen LogP contribution in [0.1, 0.15) is 15.9 Å². The van der Waals surface area contributed by atoms with E-state index < -0.39 is 0 Å². The van der Waals surface area contributed by atoms with Gasteiger partial charge in [-0.3, -0.25) is 15.6 Å². The summed E-state index contributed by atoms with van der Waals surface area (Å²) >= 11 is 8.39. The highest BCUT2D eigenvalue weighted by Crippen LogP contribution is 2.25. The third kappa shape index (κ3) is 5.17. The highest BCUT2D eigenvalue weighted by Gasteiger charge is 2.09. The second kappa shape index (κ2) is 8.60. The van der Waals surface area contributed by atoms with Crippen LogP contribution in [-0.4, -0.2) is 18.1 Å². The fourth-order valence-electron chi connectivity index (χ4n) is 1.82. The summed E-state index contributed by atoms with van der Waals surface area (Å²) in [5, 5.41) is 3.16. The van der Waals surface area contributed by atoms with Gasteiger partial charge in [-0.25, -0.2) is 4.39 Å². The molecule has 0 radical (unpaired) electrons. The van der Waals surface area contributed by atoms with Gasteiger partial charge in [0.15, 0.2) is 5.11 Å². The number of hydrazine groups is 1. The van der Waals surface area contributed by atoms with Crippen molar-refractivity contribution in [1.82, 2.24) is 16.2 Å². The molecule has 0 spiro atoms. The molecule has 0 fully saturated rings. The second-order valence-corrected chi connectivity index (χ2v) is 6.00. The quantitative estimate of drug-likeness (QED) is 0.533. The van der Waals surface area contributed by atoms with Gasteiger partial charge in [-0.2, -0.15) is 0 Å². The first kappa shape index (κ1) is 18.2. The van der Waals surface area contributed by atoms with Crippen molar-refractivity contribution < 1.29 is 13.9 Å². The van der Waals surface area contributed by atoms with E-state index in [0.29, 0.717) is 22.3 Å². The van der Waals surface area contributed by atoms with Crippen LogP contribution in [0.2, 0.25) is 0 Å². The van der Waals surface area contributed by atoms with Crippen molar-refractivity contribution in [3.8, 4) is 5.75 Å². The van der Waals surface area contributed by atoms with Gasteiger partial charge in [0.05, 0.1) is 11.6 Å². The van der Waals surface area contributed by atoms with Gasteiger partial charge in [-0.05, 0) is 64.0 Å². The molecule has 24 heavy (non-hydrogen) atoms. The normalized spacial score (nSPS) is 9.96. The fourth-order valence-corrected chi connectivity index (χ4v) is 2.49. The van der Waals surface area contributed by atoms with E-state index in [1.165, 1.54) is 12.1 Å². The third-order valence-electron chi connectivity index (χ3n) is 3.07. The van der Waals surface area contributed by atoms with Crippen LogP contribution in [0.4, 0.5) is 4.39 Å². The van der Waals surface area contributed by atoms with Gasteiger partial charge in [0.1, 0.15) is 11.6 Å². The molecular formula is C16H15BrFN3O2S. The Labute approximate surface area is 152 Å². The molecule has 0 aliphatic carbocycles. The average Bonchev–Trinajstić information content (AvgIpc) is 2.59. The van der Waals surface area contributed by atoms with Crippen molar-refractivity contribution in [2.75, 3.05) is 7.11 Å². The number of carbonyl (C=O) groups excluding carboxylic acids is 1. The minimum Gasteiger partial charge on any atom is -0.496 e. The summed E-state index contributed by atoms with van der Waals surface area (Å²) in [6.07, 6.45) is 0. The number of thiocarbonyl (C=S) groups is 1. The molecule has 0 heterocycles. The monoisotopic (exact) mass is 411 g/mol. The molecule has 2 rings (SSSR count). The third-order valence-corrected chi connectivity index (χ3v) is 3.94. The zero-order valence-electron chi connectivity index (χ0n) is 12.7. The topological polar surface area (TPSA) is 62.4 Å². The predicted molar refractivity (Wildman–Crippen MR) is 97.1 cm³/mol. The van der Waals surface area contributed by atoms with E-state index in [0.717, 1.165) is 5.56 Å². The molecule has 5 nitrogen and oxygen atoms in total. The van der Waals surface area contributed by atoms with E-state index in [4.69, 9.17) is 17.0 Å². The molecule has 0 saturated carbocycles. The molecule has 0 unspecified atom stereocenters. The minimum atomic E-state index is -0.343. The first-order valence-electron chi connectivity index (χ1n) is 6.92. The number of carbonyl (C=O) groups is 1. The number of hydrogen-bond donors (Lipinski definition) is 3. The molecule has 2 aromatic carbocycles. The summed E-state index contributed by atoms with van der Waals surface area (Å²) in [6, 6.07) is 11.0. The molecule has 0 atom stereocenters. The number of hydrogen-bond acceptors (Lipinski definition) is 3. The molecule has 2 aromatic rings. The lowest BCUT2D eigenvalue weighted by atomic mass is 10.2. The van der Waals surface area contributed by atoms with E-state index in [2.05, 4.69) is 32.1 Å². The number of rotatable bonds is 4. The molecule has 3 N–H and O–H groups in total. The van der Waals surface area contributed by atoms with Crippen LogP contribution in [0.15, 0.2) is 46.9 Å². The zero-order chi connectivity index (χ0) is 17.5. The van der Waals surface area contributed by atoms with Gasteiger partial charge in [-0.15, -0.1) is 0 Å². The average molecular weight is 412 g/mol. The smallest absolute Gasteiger partial charge is 0.269 e. The van der Waals surface area contributed by atoms with Crippen molar-refractivity contribution in [3.63, 3.8) is 0 Å². The van der Waals surface area contributed by atoms with Crippen LogP contribution in [0.5, 0.6) is 5.75 Å². The summed E-state index contributed by atoms with van der Waals surface area (Å²) in [5.41, 5.74) is 6.41. The Hall–Kier alpha value is -2.19. The van der Waals surface area contributed by atoms with Gasteiger partial charge in [0.2, 0.25) is 0 Å². The standard InChI is InChI=1S/C16H15BrFN3O2S/c1-23-14-7-4-11(8-13(14)17)15(22)20-21-16(24)19-9-10-2-5-12(18)6-3-10/h2-8H,9H2,1H3,(H,20,22)(H2,19,21,24). The Balaban J connectivity index is 1.81. The van der Waals surface area contributed by atoms with Gasteiger partial charge in [-0.1, -0.05) is 12.1 Å². The van der Waals surface area contributed by atoms with E-state index in [-0.39, 0.29) is 16.8 Å². The van der Waals surface area contributed by atoms with Gasteiger partial charge < -0.3 is 10.1 Å². The highest BCUT2D eigenvalue weighted by atomic mass is 79.9. The summed E-state index contributed by atoms with van der Waals surface area (Å²) in [7, 11) is 1.55. The maximum absolute atomic E-state index is 12.8. The van der Waals surface area contributed by atoms with Crippen LogP contribution in [0.25, 0.3) is 0 Å². The number of halogens is 2. The lowest BCUT2D eigenvalue weighted by molar-refractivity contribution is 0.0943. The molecule has 8 heteroatoms. The Kier molecular flexibility index (Phi) is 6.51. The van der Waals surface area contributed by atoms with Crippen LogP contribution in [0.3, 0.4) is 0 Å². The Morgan fingerprint density at radius 2 is 1.92 bits per heavy atom. The first-order valence-corrected chi connectivity index (χ1v) is 8.12. The summed E-state index contributed by atoms with van der Waals surface area (Å²) in [6.45, 7) is 0.413. The SMILES string of the molecule is COc1ccc(C(=O)NNC(=S)NCc2ccc(F)cc2)cc1Br. The van der Waals surface area contributed by atoms with Crippen LogP contribution >= 0.6 is 28.1 Å². The Morgan fingerprint density at radius 3 is 2.54 bits per heavy atom. The van der Waals surface area contributed by atoms with E-state index >= 15 is 0 Å². The maximum Gasteiger partial charge on any atom is 0.269 e. The molecule has 1 amide bonds. The highest BCUT2D eigenvalue weighted by molar-refractivity contribution is 9.10. The number of nitrogens with one attached hydrogen (secondary N) is 3. The maximum atomic E-state index is 12.8. The molecule has 0 aliphatic heterocycles. The molecule has 0 aromatic heterocycles. The van der Waals surface area contributed by atoms with Crippen molar-refractivity contribution in [1.29, 1.82) is 0 Å². The van der Waals surface area contributed by atoms with Crippen molar-refractivity contribution in [2.45, 2.75) is 6.54 Å². The first-order chi connectivity index (χ1) is 11.5. The molecule has 0 aliphatic rings. The van der Waals surface area contributed by atoms with Crippen LogP contribution in [0, 0.1) is 5.82 Å². The summed E-state index contributed by atoms with van der Waals surface area (Å²) in [5.74, 6) is -0.00218. The van der Waals surface area contributed by atoms with Gasteiger partial charge in [0.25, 0.3) is 5.91 Å². The van der Waals surface area contributed by atoms with Crippen LogP contribution in [-0.2, 0) is 6.54 Å². The molecule has 0 bridgehead atoms. The van der Waals surface area contributed by atoms with Crippen molar-refractivity contribution >= 4 is 39.2 Å². The number of amides is 1. The van der Waals surface area contributed by atoms with Gasteiger partial charge >= 0.3 is 0 Å². The van der Waals surface area contributed by atoms with Crippen molar-refractivity contribution in [3.05, 3.63) is 63.9 Å². The predicted octanol–water partition coefficient (Wildman–Crippen LogP) is 2.91. The minimum absolute atomic E-state index is 0.250. The van der Waals surface area contributed by atoms with Crippen molar-refractivity contribution in [2.24, 2.45) is 0 Å². The van der Waals surface area contributed by atoms with E-state index in [9.17, 15) is 9.18 Å². The number of ether oxygens (including phenoxy) is 1. The zero-order valence-corrected chi connectivity index (χ0v) is 15.1. The summed E-state index contributed by atoms with van der Waals surface area (Å²) < 4.78 is 18.6. The van der Waals surface area contributed by atoms with Crippen LogP contribution < -0.4 is 20.9 Å². The Bertz CT molecular complexity index is 741. The van der Waals surface area contributed by atoms with E-state index in [1.807, 2.05) is 0 Å². The van der Waals surface area contributed by atoms with E-state index in [1.54, 1.807) is 37.4 Å².